The number of aryl methyl sites for hydroxylation is 1. The van der Waals surface area contributed by atoms with Crippen LogP contribution in [0.4, 0.5) is 5.95 Å². The number of fused-ring (bicyclic) bond motifs is 1. The van der Waals surface area contributed by atoms with E-state index in [9.17, 15) is 0 Å². The lowest BCUT2D eigenvalue weighted by molar-refractivity contribution is 0.860. The SMILES string of the molecule is Cc1nccn2c(-c3ccnc(N[C@@H](C)c4ccccc4)n3)cnc12. The average Bonchev–Trinajstić information content (AvgIpc) is 3.08. The zero-order valence-electron chi connectivity index (χ0n) is 14.1. The van der Waals surface area contributed by atoms with E-state index in [1.165, 1.54) is 5.56 Å². The van der Waals surface area contributed by atoms with E-state index in [1.807, 2.05) is 48.0 Å². The average molecular weight is 330 g/mol. The first-order valence-electron chi connectivity index (χ1n) is 8.16. The minimum atomic E-state index is 0.116. The number of nitrogens with zero attached hydrogens (tertiary/aromatic N) is 5. The normalized spacial score (nSPS) is 12.2. The van der Waals surface area contributed by atoms with Crippen LogP contribution < -0.4 is 5.32 Å². The number of benzene rings is 1. The van der Waals surface area contributed by atoms with Gasteiger partial charge in [0.05, 0.1) is 29.3 Å². The third-order valence-corrected chi connectivity index (χ3v) is 4.17. The molecule has 6 heteroatoms. The lowest BCUT2D eigenvalue weighted by Gasteiger charge is -2.14. The second-order valence-corrected chi connectivity index (χ2v) is 5.89. The molecule has 4 rings (SSSR count). The van der Waals surface area contributed by atoms with Crippen LogP contribution in [0.5, 0.6) is 0 Å². The molecule has 0 spiro atoms. The van der Waals surface area contributed by atoms with E-state index in [0.717, 1.165) is 22.7 Å². The zero-order chi connectivity index (χ0) is 17.2. The van der Waals surface area contributed by atoms with Crippen molar-refractivity contribution >= 4 is 11.6 Å². The molecule has 0 saturated heterocycles. The summed E-state index contributed by atoms with van der Waals surface area (Å²) in [5.41, 5.74) is 4.64. The molecule has 124 valence electrons. The topological polar surface area (TPSA) is 68.0 Å². The van der Waals surface area contributed by atoms with Crippen molar-refractivity contribution in [3.8, 4) is 11.4 Å². The maximum Gasteiger partial charge on any atom is 0.223 e. The highest BCUT2D eigenvalue weighted by Crippen LogP contribution is 2.22. The van der Waals surface area contributed by atoms with Gasteiger partial charge in [0.25, 0.3) is 0 Å². The highest BCUT2D eigenvalue weighted by Gasteiger charge is 2.11. The summed E-state index contributed by atoms with van der Waals surface area (Å²) in [7, 11) is 0. The van der Waals surface area contributed by atoms with Crippen LogP contribution in [0, 0.1) is 6.92 Å². The molecule has 0 aliphatic carbocycles. The third-order valence-electron chi connectivity index (χ3n) is 4.17. The Hall–Kier alpha value is -3.28. The lowest BCUT2D eigenvalue weighted by atomic mass is 10.1. The van der Waals surface area contributed by atoms with Crippen LogP contribution in [-0.2, 0) is 0 Å². The maximum atomic E-state index is 4.66. The Kier molecular flexibility index (Phi) is 3.85. The molecule has 0 bridgehead atoms. The molecule has 0 unspecified atom stereocenters. The number of hydrogen-bond acceptors (Lipinski definition) is 5. The van der Waals surface area contributed by atoms with E-state index >= 15 is 0 Å². The van der Waals surface area contributed by atoms with Crippen molar-refractivity contribution in [1.82, 2.24) is 24.3 Å². The molecule has 1 atom stereocenters. The van der Waals surface area contributed by atoms with Crippen molar-refractivity contribution in [3.63, 3.8) is 0 Å². The van der Waals surface area contributed by atoms with Gasteiger partial charge in [-0.25, -0.2) is 15.0 Å². The van der Waals surface area contributed by atoms with E-state index < -0.39 is 0 Å². The van der Waals surface area contributed by atoms with Crippen LogP contribution in [0.2, 0.25) is 0 Å². The van der Waals surface area contributed by atoms with Crippen LogP contribution >= 0.6 is 0 Å². The van der Waals surface area contributed by atoms with Crippen molar-refractivity contribution in [1.29, 1.82) is 0 Å². The zero-order valence-corrected chi connectivity index (χ0v) is 14.1. The summed E-state index contributed by atoms with van der Waals surface area (Å²) < 4.78 is 2.00. The molecule has 0 saturated carbocycles. The Morgan fingerprint density at radius 3 is 2.68 bits per heavy atom. The predicted octanol–water partition coefficient (Wildman–Crippen LogP) is 3.67. The van der Waals surface area contributed by atoms with Crippen LogP contribution in [0.1, 0.15) is 24.2 Å². The summed E-state index contributed by atoms with van der Waals surface area (Å²) in [4.78, 5) is 17.7. The fourth-order valence-corrected chi connectivity index (χ4v) is 2.83. The van der Waals surface area contributed by atoms with Gasteiger partial charge in [-0.2, -0.15) is 0 Å². The van der Waals surface area contributed by atoms with Crippen molar-refractivity contribution in [3.05, 3.63) is 72.4 Å². The molecule has 6 nitrogen and oxygen atoms in total. The van der Waals surface area contributed by atoms with Crippen molar-refractivity contribution in [2.45, 2.75) is 19.9 Å². The first-order chi connectivity index (χ1) is 12.2. The molecule has 3 aromatic heterocycles. The van der Waals surface area contributed by atoms with Crippen LogP contribution in [0.3, 0.4) is 0 Å². The van der Waals surface area contributed by atoms with Gasteiger partial charge in [0.15, 0.2) is 5.65 Å². The van der Waals surface area contributed by atoms with Gasteiger partial charge in [-0.3, -0.25) is 9.38 Å². The fourth-order valence-electron chi connectivity index (χ4n) is 2.83. The molecule has 0 fully saturated rings. The van der Waals surface area contributed by atoms with Crippen LogP contribution in [-0.4, -0.2) is 24.3 Å². The van der Waals surface area contributed by atoms with Gasteiger partial charge in [-0.1, -0.05) is 30.3 Å². The third kappa shape index (κ3) is 2.94. The van der Waals surface area contributed by atoms with Gasteiger partial charge < -0.3 is 5.32 Å². The maximum absolute atomic E-state index is 4.66. The second kappa shape index (κ2) is 6.32. The van der Waals surface area contributed by atoms with E-state index in [0.29, 0.717) is 5.95 Å². The minimum Gasteiger partial charge on any atom is -0.348 e. The van der Waals surface area contributed by atoms with Gasteiger partial charge >= 0.3 is 0 Å². The Morgan fingerprint density at radius 2 is 1.84 bits per heavy atom. The number of rotatable bonds is 4. The molecule has 3 heterocycles. The summed E-state index contributed by atoms with van der Waals surface area (Å²) in [6.45, 7) is 4.04. The van der Waals surface area contributed by atoms with Gasteiger partial charge in [-0.05, 0) is 25.5 Å². The fraction of sp³-hybridized carbons (Fsp3) is 0.158. The largest absolute Gasteiger partial charge is 0.348 e. The first-order valence-corrected chi connectivity index (χ1v) is 8.16. The molecular weight excluding hydrogens is 312 g/mol. The standard InChI is InChI=1S/C19H18N6/c1-13(15-6-4-3-5-7-15)23-19-21-9-8-16(24-19)17-12-22-18-14(2)20-10-11-25(17)18/h3-13H,1-2H3,(H,21,23,24)/t13-/m0/s1. The second-order valence-electron chi connectivity index (χ2n) is 5.89. The highest BCUT2D eigenvalue weighted by atomic mass is 15.1. The molecule has 4 aromatic rings. The molecule has 1 aromatic carbocycles. The van der Waals surface area contributed by atoms with E-state index in [2.05, 4.69) is 44.3 Å². The van der Waals surface area contributed by atoms with E-state index in [-0.39, 0.29) is 6.04 Å². The van der Waals surface area contributed by atoms with Crippen molar-refractivity contribution < 1.29 is 0 Å². The number of hydrogen-bond donors (Lipinski definition) is 1. The molecule has 0 radical (unpaired) electrons. The Morgan fingerprint density at radius 1 is 1.00 bits per heavy atom. The van der Waals surface area contributed by atoms with Gasteiger partial charge in [0, 0.05) is 18.6 Å². The van der Waals surface area contributed by atoms with Crippen molar-refractivity contribution in [2.24, 2.45) is 0 Å². The Balaban J connectivity index is 1.66. The summed E-state index contributed by atoms with van der Waals surface area (Å²) in [6, 6.07) is 12.2. The summed E-state index contributed by atoms with van der Waals surface area (Å²) >= 11 is 0. The summed E-state index contributed by atoms with van der Waals surface area (Å²) in [6.07, 6.45) is 7.24. The molecular formula is C19H18N6. The number of imidazole rings is 1. The Labute approximate surface area is 145 Å². The van der Waals surface area contributed by atoms with Gasteiger partial charge in [0.2, 0.25) is 5.95 Å². The van der Waals surface area contributed by atoms with Crippen LogP contribution in [0.25, 0.3) is 17.0 Å². The quantitative estimate of drug-likeness (QED) is 0.618. The minimum absolute atomic E-state index is 0.116. The number of nitrogens with one attached hydrogen (secondary N) is 1. The molecule has 0 amide bonds. The summed E-state index contributed by atoms with van der Waals surface area (Å²) in [5.74, 6) is 0.592. The number of anilines is 1. The molecule has 0 aliphatic rings. The van der Waals surface area contributed by atoms with E-state index in [1.54, 1.807) is 12.4 Å². The number of aromatic nitrogens is 5. The monoisotopic (exact) mass is 330 g/mol. The van der Waals surface area contributed by atoms with Gasteiger partial charge in [-0.15, -0.1) is 0 Å². The smallest absolute Gasteiger partial charge is 0.223 e. The first kappa shape index (κ1) is 15.3. The predicted molar refractivity (Wildman–Crippen MR) is 97.2 cm³/mol. The van der Waals surface area contributed by atoms with Crippen LogP contribution in [0.15, 0.2) is 61.2 Å². The molecule has 25 heavy (non-hydrogen) atoms. The van der Waals surface area contributed by atoms with E-state index in [4.69, 9.17) is 0 Å². The van der Waals surface area contributed by atoms with Crippen molar-refractivity contribution in [2.75, 3.05) is 5.32 Å². The molecule has 0 aliphatic heterocycles. The summed E-state index contributed by atoms with van der Waals surface area (Å²) in [5, 5.41) is 3.36. The molecule has 1 N–H and O–H groups in total. The lowest BCUT2D eigenvalue weighted by Crippen LogP contribution is -2.09. The Bertz CT molecular complexity index is 1010. The van der Waals surface area contributed by atoms with Gasteiger partial charge in [0.1, 0.15) is 0 Å². The highest BCUT2D eigenvalue weighted by molar-refractivity contribution is 5.61.